The van der Waals surface area contributed by atoms with Crippen molar-refractivity contribution in [3.63, 3.8) is 0 Å². The molecule has 0 saturated heterocycles. The number of likely N-dealkylation sites (N-methyl/N-ethyl adjacent to an activating group) is 1. The monoisotopic (exact) mass is 241 g/mol. The van der Waals surface area contributed by atoms with Crippen molar-refractivity contribution in [2.24, 2.45) is 0 Å². The number of hydrogen-bond donors (Lipinski definition) is 1. The Bertz CT molecular complexity index is 345. The fourth-order valence-electron chi connectivity index (χ4n) is 0.995. The molecule has 0 unspecified atom stereocenters. The van der Waals surface area contributed by atoms with Gasteiger partial charge in [0.25, 0.3) is 0 Å². The zero-order chi connectivity index (χ0) is 12.7. The van der Waals surface area contributed by atoms with Gasteiger partial charge in [-0.1, -0.05) is 6.92 Å². The molecule has 1 aromatic rings. The number of aromatic nitrogens is 3. The molecule has 17 heavy (non-hydrogen) atoms. The van der Waals surface area contributed by atoms with Crippen LogP contribution in [0.2, 0.25) is 0 Å². The molecule has 96 valence electrons. The summed E-state index contributed by atoms with van der Waals surface area (Å²) in [6, 6.07) is 0.407. The van der Waals surface area contributed by atoms with Crippen LogP contribution >= 0.6 is 0 Å². The summed E-state index contributed by atoms with van der Waals surface area (Å²) in [5.41, 5.74) is 5.53. The smallest absolute Gasteiger partial charge is 0.324 e. The van der Waals surface area contributed by atoms with E-state index in [4.69, 9.17) is 15.2 Å². The molecule has 0 aliphatic rings. The molecule has 2 N–H and O–H groups in total. The maximum atomic E-state index is 5.53. The van der Waals surface area contributed by atoms with Crippen molar-refractivity contribution in [1.29, 1.82) is 0 Å². The number of ether oxygens (including phenoxy) is 2. The van der Waals surface area contributed by atoms with Crippen molar-refractivity contribution in [1.82, 2.24) is 19.9 Å². The van der Waals surface area contributed by atoms with Crippen molar-refractivity contribution >= 4 is 5.95 Å². The Morgan fingerprint density at radius 1 is 1.06 bits per heavy atom. The Balaban J connectivity index is 2.55. The molecular weight excluding hydrogens is 222 g/mol. The van der Waals surface area contributed by atoms with Crippen molar-refractivity contribution in [2.75, 3.05) is 39.6 Å². The SMILES string of the molecule is CCCOc1nc(N)nc(OCCN(C)C)n1. The van der Waals surface area contributed by atoms with Crippen LogP contribution in [-0.4, -0.2) is 53.7 Å². The fraction of sp³-hybridized carbons (Fsp3) is 0.700. The molecule has 0 spiro atoms. The van der Waals surface area contributed by atoms with Crippen LogP contribution in [0.15, 0.2) is 0 Å². The highest BCUT2D eigenvalue weighted by Gasteiger charge is 2.06. The van der Waals surface area contributed by atoms with E-state index in [1.807, 2.05) is 25.9 Å². The lowest BCUT2D eigenvalue weighted by Crippen LogP contribution is -2.20. The van der Waals surface area contributed by atoms with E-state index in [1.54, 1.807) is 0 Å². The van der Waals surface area contributed by atoms with Gasteiger partial charge < -0.3 is 20.1 Å². The molecule has 0 amide bonds. The van der Waals surface area contributed by atoms with Crippen molar-refractivity contribution in [3.05, 3.63) is 0 Å². The first-order valence-electron chi connectivity index (χ1n) is 5.53. The van der Waals surface area contributed by atoms with Crippen LogP contribution in [0.3, 0.4) is 0 Å². The van der Waals surface area contributed by atoms with Crippen LogP contribution in [0.25, 0.3) is 0 Å². The molecule has 7 nitrogen and oxygen atoms in total. The van der Waals surface area contributed by atoms with Crippen molar-refractivity contribution in [3.8, 4) is 12.0 Å². The van der Waals surface area contributed by atoms with E-state index < -0.39 is 0 Å². The minimum atomic E-state index is 0.103. The van der Waals surface area contributed by atoms with E-state index in [-0.39, 0.29) is 18.0 Å². The minimum absolute atomic E-state index is 0.103. The molecule has 1 rings (SSSR count). The number of nitrogens with zero attached hydrogens (tertiary/aromatic N) is 4. The lowest BCUT2D eigenvalue weighted by atomic mass is 10.5. The van der Waals surface area contributed by atoms with Gasteiger partial charge >= 0.3 is 12.0 Å². The molecular formula is C10H19N5O2. The maximum Gasteiger partial charge on any atom is 0.324 e. The Morgan fingerprint density at radius 2 is 1.65 bits per heavy atom. The van der Waals surface area contributed by atoms with E-state index in [1.165, 1.54) is 0 Å². The molecule has 7 heteroatoms. The van der Waals surface area contributed by atoms with Gasteiger partial charge in [-0.15, -0.1) is 4.98 Å². The Labute approximate surface area is 101 Å². The van der Waals surface area contributed by atoms with E-state index in [0.717, 1.165) is 13.0 Å². The number of rotatable bonds is 7. The third-order valence-corrected chi connectivity index (χ3v) is 1.82. The number of nitrogens with two attached hydrogens (primary N) is 1. The highest BCUT2D eigenvalue weighted by molar-refractivity contribution is 5.20. The van der Waals surface area contributed by atoms with Gasteiger partial charge in [0, 0.05) is 6.54 Å². The van der Waals surface area contributed by atoms with E-state index in [0.29, 0.717) is 13.2 Å². The van der Waals surface area contributed by atoms with Crippen LogP contribution in [0, 0.1) is 0 Å². The molecule has 0 fully saturated rings. The first kappa shape index (κ1) is 13.4. The largest absolute Gasteiger partial charge is 0.463 e. The molecule has 0 bridgehead atoms. The van der Waals surface area contributed by atoms with Crippen LogP contribution < -0.4 is 15.2 Å². The zero-order valence-electron chi connectivity index (χ0n) is 10.5. The maximum absolute atomic E-state index is 5.53. The predicted molar refractivity (Wildman–Crippen MR) is 64.1 cm³/mol. The van der Waals surface area contributed by atoms with Crippen molar-refractivity contribution in [2.45, 2.75) is 13.3 Å². The number of anilines is 1. The van der Waals surface area contributed by atoms with Gasteiger partial charge in [-0.2, -0.15) is 9.97 Å². The van der Waals surface area contributed by atoms with Gasteiger partial charge in [0.05, 0.1) is 6.61 Å². The summed E-state index contributed by atoms with van der Waals surface area (Å²) in [6.45, 7) is 3.81. The third kappa shape index (κ3) is 5.30. The standard InChI is InChI=1S/C10H19N5O2/c1-4-6-16-9-12-8(11)13-10(14-9)17-7-5-15(2)3/h4-7H2,1-3H3,(H2,11,12,13,14). The topological polar surface area (TPSA) is 86.4 Å². The summed E-state index contributed by atoms with van der Waals surface area (Å²) < 4.78 is 10.6. The summed E-state index contributed by atoms with van der Waals surface area (Å²) in [5, 5.41) is 0. The highest BCUT2D eigenvalue weighted by atomic mass is 16.5. The molecule has 0 aromatic carbocycles. The molecule has 0 atom stereocenters. The van der Waals surface area contributed by atoms with Gasteiger partial charge in [0.1, 0.15) is 6.61 Å². The Morgan fingerprint density at radius 3 is 2.18 bits per heavy atom. The third-order valence-electron chi connectivity index (χ3n) is 1.82. The van der Waals surface area contributed by atoms with Gasteiger partial charge in [0.2, 0.25) is 5.95 Å². The second-order valence-corrected chi connectivity index (χ2v) is 3.76. The summed E-state index contributed by atoms with van der Waals surface area (Å²) >= 11 is 0. The normalized spacial score (nSPS) is 10.6. The van der Waals surface area contributed by atoms with Gasteiger partial charge in [0.15, 0.2) is 0 Å². The lowest BCUT2D eigenvalue weighted by Gasteiger charge is -2.10. The first-order chi connectivity index (χ1) is 8.11. The van der Waals surface area contributed by atoms with Crippen LogP contribution in [0.1, 0.15) is 13.3 Å². The molecule has 1 heterocycles. The van der Waals surface area contributed by atoms with Crippen LogP contribution in [-0.2, 0) is 0 Å². The van der Waals surface area contributed by atoms with Gasteiger partial charge in [-0.25, -0.2) is 0 Å². The lowest BCUT2D eigenvalue weighted by molar-refractivity contribution is 0.235. The Kier molecular flexibility index (Phi) is 5.41. The zero-order valence-corrected chi connectivity index (χ0v) is 10.5. The quantitative estimate of drug-likeness (QED) is 0.728. The Hall–Kier alpha value is -1.63. The van der Waals surface area contributed by atoms with Crippen molar-refractivity contribution < 1.29 is 9.47 Å². The first-order valence-corrected chi connectivity index (χ1v) is 5.53. The summed E-state index contributed by atoms with van der Waals surface area (Å²) in [6.07, 6.45) is 0.877. The fourth-order valence-corrected chi connectivity index (χ4v) is 0.995. The molecule has 0 saturated carbocycles. The van der Waals surface area contributed by atoms with E-state index in [2.05, 4.69) is 15.0 Å². The van der Waals surface area contributed by atoms with Gasteiger partial charge in [-0.05, 0) is 20.5 Å². The van der Waals surface area contributed by atoms with E-state index >= 15 is 0 Å². The summed E-state index contributed by atoms with van der Waals surface area (Å²) in [5.74, 6) is 0.103. The average molecular weight is 241 g/mol. The predicted octanol–water partition coefficient (Wildman–Crippen LogP) is 0.183. The highest BCUT2D eigenvalue weighted by Crippen LogP contribution is 2.10. The average Bonchev–Trinajstić information content (AvgIpc) is 2.25. The second kappa shape index (κ2) is 6.85. The van der Waals surface area contributed by atoms with Gasteiger partial charge in [-0.3, -0.25) is 0 Å². The summed E-state index contributed by atoms with van der Waals surface area (Å²) in [7, 11) is 3.92. The second-order valence-electron chi connectivity index (χ2n) is 3.76. The molecule has 1 aromatic heterocycles. The van der Waals surface area contributed by atoms with Crippen LogP contribution in [0.5, 0.6) is 12.0 Å². The molecule has 0 radical (unpaired) electrons. The number of hydrogen-bond acceptors (Lipinski definition) is 7. The minimum Gasteiger partial charge on any atom is -0.463 e. The summed E-state index contributed by atoms with van der Waals surface area (Å²) in [4.78, 5) is 13.7. The van der Waals surface area contributed by atoms with E-state index in [9.17, 15) is 0 Å². The number of nitrogen functional groups attached to an aromatic ring is 1. The molecule has 0 aliphatic heterocycles. The molecule has 0 aliphatic carbocycles. The van der Waals surface area contributed by atoms with Crippen LogP contribution in [0.4, 0.5) is 5.95 Å².